The average Bonchev–Trinajstić information content (AvgIpc) is 2.24. The molecule has 0 unspecified atom stereocenters. The fraction of sp³-hybridized carbons (Fsp3) is 0.818. The summed E-state index contributed by atoms with van der Waals surface area (Å²) in [5, 5.41) is 8.42. The molecule has 0 atom stereocenters. The van der Waals surface area contributed by atoms with Crippen LogP contribution in [0.1, 0.15) is 33.1 Å². The highest BCUT2D eigenvalue weighted by atomic mass is 32.2. The Labute approximate surface area is 101 Å². The molecule has 0 radical (unpaired) electrons. The van der Waals surface area contributed by atoms with E-state index < -0.39 is 5.97 Å². The summed E-state index contributed by atoms with van der Waals surface area (Å²) >= 11 is 1.60. The summed E-state index contributed by atoms with van der Waals surface area (Å²) in [6.07, 6.45) is 1.61. The maximum Gasteiger partial charge on any atom is 0.304 e. The largest absolute Gasteiger partial charge is 0.481 e. The van der Waals surface area contributed by atoms with E-state index in [1.54, 1.807) is 11.8 Å². The van der Waals surface area contributed by atoms with Crippen molar-refractivity contribution in [2.24, 2.45) is 0 Å². The number of hydrogen-bond donors (Lipinski definition) is 1. The summed E-state index contributed by atoms with van der Waals surface area (Å²) in [6, 6.07) is 0. The normalized spacial score (nSPS) is 10.1. The Hall–Kier alpha value is -0.710. The van der Waals surface area contributed by atoms with Crippen molar-refractivity contribution in [2.45, 2.75) is 33.1 Å². The predicted octanol–water partition coefficient (Wildman–Crippen LogP) is 1.84. The Morgan fingerprint density at radius 1 is 1.12 bits per heavy atom. The second-order valence-corrected chi connectivity index (χ2v) is 4.65. The number of rotatable bonds is 9. The third kappa shape index (κ3) is 7.56. The van der Waals surface area contributed by atoms with Gasteiger partial charge in [-0.2, -0.15) is 11.8 Å². The second-order valence-electron chi connectivity index (χ2n) is 3.43. The van der Waals surface area contributed by atoms with Crippen molar-refractivity contribution in [3.05, 3.63) is 0 Å². The van der Waals surface area contributed by atoms with Gasteiger partial charge in [0.15, 0.2) is 0 Å². The standard InChI is InChI=1S/C11H21NO3S/c1-3-12(4-2)10(13)6-5-8-16-9-7-11(14)15/h3-9H2,1-2H3,(H,14,15). The number of carbonyl (C=O) groups excluding carboxylic acids is 1. The fourth-order valence-electron chi connectivity index (χ4n) is 1.32. The van der Waals surface area contributed by atoms with Gasteiger partial charge < -0.3 is 10.0 Å². The molecule has 0 aliphatic heterocycles. The Bertz CT molecular complexity index is 217. The van der Waals surface area contributed by atoms with Gasteiger partial charge in [-0.3, -0.25) is 9.59 Å². The Balaban J connectivity index is 3.44. The van der Waals surface area contributed by atoms with Crippen LogP contribution < -0.4 is 0 Å². The molecule has 1 amide bonds. The number of carbonyl (C=O) groups is 2. The minimum absolute atomic E-state index is 0.198. The number of nitrogens with zero attached hydrogens (tertiary/aromatic N) is 1. The van der Waals surface area contributed by atoms with Gasteiger partial charge in [-0.25, -0.2) is 0 Å². The zero-order valence-electron chi connectivity index (χ0n) is 10.1. The van der Waals surface area contributed by atoms with Crippen molar-refractivity contribution in [3.63, 3.8) is 0 Å². The monoisotopic (exact) mass is 247 g/mol. The first-order chi connectivity index (χ1) is 7.61. The van der Waals surface area contributed by atoms with Gasteiger partial charge in [0, 0.05) is 25.3 Å². The molecule has 0 aromatic carbocycles. The fourth-order valence-corrected chi connectivity index (χ4v) is 2.19. The van der Waals surface area contributed by atoms with Gasteiger partial charge in [-0.05, 0) is 26.0 Å². The summed E-state index contributed by atoms with van der Waals surface area (Å²) in [6.45, 7) is 5.48. The van der Waals surface area contributed by atoms with Crippen LogP contribution in [0.15, 0.2) is 0 Å². The highest BCUT2D eigenvalue weighted by molar-refractivity contribution is 7.99. The van der Waals surface area contributed by atoms with E-state index in [1.807, 2.05) is 18.7 Å². The van der Waals surface area contributed by atoms with Crippen LogP contribution in [0.3, 0.4) is 0 Å². The highest BCUT2D eigenvalue weighted by Crippen LogP contribution is 2.07. The molecule has 0 aliphatic rings. The second kappa shape index (κ2) is 9.51. The van der Waals surface area contributed by atoms with E-state index >= 15 is 0 Å². The molecular weight excluding hydrogens is 226 g/mol. The average molecular weight is 247 g/mol. The minimum Gasteiger partial charge on any atom is -0.481 e. The molecule has 0 aromatic heterocycles. The first-order valence-corrected chi connectivity index (χ1v) is 6.84. The molecule has 5 heteroatoms. The Morgan fingerprint density at radius 2 is 1.75 bits per heavy atom. The molecule has 0 bridgehead atoms. The molecule has 0 rings (SSSR count). The smallest absolute Gasteiger partial charge is 0.304 e. The van der Waals surface area contributed by atoms with E-state index in [-0.39, 0.29) is 12.3 Å². The molecular formula is C11H21NO3S. The SMILES string of the molecule is CCN(CC)C(=O)CCCSCCC(=O)O. The van der Waals surface area contributed by atoms with E-state index in [0.717, 1.165) is 25.3 Å². The van der Waals surface area contributed by atoms with Crippen LogP contribution >= 0.6 is 11.8 Å². The van der Waals surface area contributed by atoms with Crippen LogP contribution in [-0.4, -0.2) is 46.5 Å². The molecule has 0 saturated heterocycles. The van der Waals surface area contributed by atoms with Crippen LogP contribution in [0.2, 0.25) is 0 Å². The minimum atomic E-state index is -0.758. The lowest BCUT2D eigenvalue weighted by molar-refractivity contribution is -0.136. The molecule has 0 fully saturated rings. The number of carboxylic acids is 1. The van der Waals surface area contributed by atoms with Crippen molar-refractivity contribution in [3.8, 4) is 0 Å². The predicted molar refractivity (Wildman–Crippen MR) is 66.7 cm³/mol. The van der Waals surface area contributed by atoms with E-state index in [9.17, 15) is 9.59 Å². The molecule has 16 heavy (non-hydrogen) atoms. The molecule has 4 nitrogen and oxygen atoms in total. The summed E-state index contributed by atoms with van der Waals surface area (Å²) in [7, 11) is 0. The number of carboxylic acid groups (broad SMARTS) is 1. The molecule has 0 aliphatic carbocycles. The molecule has 0 aromatic rings. The zero-order valence-corrected chi connectivity index (χ0v) is 10.9. The lowest BCUT2D eigenvalue weighted by Crippen LogP contribution is -2.30. The lowest BCUT2D eigenvalue weighted by Gasteiger charge is -2.18. The molecule has 94 valence electrons. The van der Waals surface area contributed by atoms with E-state index in [0.29, 0.717) is 12.2 Å². The molecule has 1 N–H and O–H groups in total. The van der Waals surface area contributed by atoms with Crippen LogP contribution in [-0.2, 0) is 9.59 Å². The lowest BCUT2D eigenvalue weighted by atomic mass is 10.3. The van der Waals surface area contributed by atoms with Gasteiger partial charge >= 0.3 is 5.97 Å². The van der Waals surface area contributed by atoms with Crippen LogP contribution in [0.5, 0.6) is 0 Å². The summed E-state index contributed by atoms with van der Waals surface area (Å²) in [5.74, 6) is 0.935. The van der Waals surface area contributed by atoms with Crippen LogP contribution in [0.25, 0.3) is 0 Å². The van der Waals surface area contributed by atoms with Gasteiger partial charge in [0.25, 0.3) is 0 Å². The first kappa shape index (κ1) is 15.3. The van der Waals surface area contributed by atoms with Crippen molar-refractivity contribution in [1.82, 2.24) is 4.90 Å². The van der Waals surface area contributed by atoms with Crippen molar-refractivity contribution in [2.75, 3.05) is 24.6 Å². The van der Waals surface area contributed by atoms with Crippen molar-refractivity contribution < 1.29 is 14.7 Å². The summed E-state index contributed by atoms with van der Waals surface area (Å²) < 4.78 is 0. The van der Waals surface area contributed by atoms with E-state index in [2.05, 4.69) is 0 Å². The number of amides is 1. The topological polar surface area (TPSA) is 57.6 Å². The maximum atomic E-state index is 11.6. The third-order valence-corrected chi connectivity index (χ3v) is 3.33. The maximum absolute atomic E-state index is 11.6. The van der Waals surface area contributed by atoms with Gasteiger partial charge in [0.1, 0.15) is 0 Å². The van der Waals surface area contributed by atoms with Crippen molar-refractivity contribution >= 4 is 23.6 Å². The molecule has 0 heterocycles. The number of thioether (sulfide) groups is 1. The van der Waals surface area contributed by atoms with Crippen LogP contribution in [0.4, 0.5) is 0 Å². The van der Waals surface area contributed by atoms with Crippen molar-refractivity contribution in [1.29, 1.82) is 0 Å². The van der Waals surface area contributed by atoms with Crippen LogP contribution in [0, 0.1) is 0 Å². The molecule has 0 spiro atoms. The van der Waals surface area contributed by atoms with E-state index in [1.165, 1.54) is 0 Å². The van der Waals surface area contributed by atoms with Gasteiger partial charge in [0.2, 0.25) is 5.91 Å². The highest BCUT2D eigenvalue weighted by Gasteiger charge is 2.08. The Morgan fingerprint density at radius 3 is 2.25 bits per heavy atom. The quantitative estimate of drug-likeness (QED) is 0.632. The zero-order chi connectivity index (χ0) is 12.4. The van der Waals surface area contributed by atoms with Gasteiger partial charge in [0.05, 0.1) is 6.42 Å². The third-order valence-electron chi connectivity index (χ3n) is 2.26. The van der Waals surface area contributed by atoms with Gasteiger partial charge in [-0.15, -0.1) is 0 Å². The van der Waals surface area contributed by atoms with E-state index in [4.69, 9.17) is 5.11 Å². The number of aliphatic carboxylic acids is 1. The first-order valence-electron chi connectivity index (χ1n) is 5.69. The molecule has 0 saturated carbocycles. The number of hydrogen-bond acceptors (Lipinski definition) is 3. The van der Waals surface area contributed by atoms with Gasteiger partial charge in [-0.1, -0.05) is 0 Å². The summed E-state index contributed by atoms with van der Waals surface area (Å²) in [5.41, 5.74) is 0. The summed E-state index contributed by atoms with van der Waals surface area (Å²) in [4.78, 5) is 23.6. The Kier molecular flexibility index (Phi) is 9.09.